The maximum absolute atomic E-state index is 12.5. The summed E-state index contributed by atoms with van der Waals surface area (Å²) in [5, 5.41) is 0. The number of sulfonamides is 1. The van der Waals surface area contributed by atoms with Gasteiger partial charge in [0, 0.05) is 31.2 Å². The van der Waals surface area contributed by atoms with Crippen molar-refractivity contribution in [1.29, 1.82) is 0 Å². The van der Waals surface area contributed by atoms with Crippen LogP contribution in [0.15, 0.2) is 23.1 Å². The van der Waals surface area contributed by atoms with Crippen LogP contribution >= 0.6 is 0 Å². The van der Waals surface area contributed by atoms with Gasteiger partial charge in [-0.25, -0.2) is 13.1 Å². The number of carbonyl (C=O) groups excluding carboxylic acids is 1. The van der Waals surface area contributed by atoms with E-state index in [1.54, 1.807) is 20.9 Å². The second-order valence-corrected chi connectivity index (χ2v) is 7.32. The van der Waals surface area contributed by atoms with Gasteiger partial charge in [-0.2, -0.15) is 0 Å². The molecule has 0 aliphatic heterocycles. The molecule has 0 aliphatic rings. The average Bonchev–Trinajstić information content (AvgIpc) is 2.50. The van der Waals surface area contributed by atoms with E-state index < -0.39 is 10.0 Å². The number of amides is 1. The van der Waals surface area contributed by atoms with Crippen molar-refractivity contribution in [3.05, 3.63) is 23.8 Å². The van der Waals surface area contributed by atoms with Gasteiger partial charge in [0.15, 0.2) is 0 Å². The monoisotopic (exact) mass is 343 g/mol. The predicted molar refractivity (Wildman–Crippen MR) is 89.1 cm³/mol. The third-order valence-corrected chi connectivity index (χ3v) is 5.09. The smallest absolute Gasteiger partial charge is 0.253 e. The highest BCUT2D eigenvalue weighted by molar-refractivity contribution is 7.89. The Balaban J connectivity index is 3.31. The van der Waals surface area contributed by atoms with E-state index in [2.05, 4.69) is 4.72 Å². The first-order valence-corrected chi connectivity index (χ1v) is 8.80. The van der Waals surface area contributed by atoms with Gasteiger partial charge in [0.1, 0.15) is 10.6 Å². The van der Waals surface area contributed by atoms with Gasteiger partial charge in [-0.3, -0.25) is 4.79 Å². The van der Waals surface area contributed by atoms with Crippen LogP contribution in [0.5, 0.6) is 5.75 Å². The molecule has 0 aliphatic carbocycles. The molecule has 1 amide bonds. The summed E-state index contributed by atoms with van der Waals surface area (Å²) in [5.74, 6) is -0.115. The first kappa shape index (κ1) is 19.4. The molecule has 0 aromatic heterocycles. The number of likely N-dealkylation sites (N-methyl/N-ethyl adjacent to an activating group) is 1. The number of benzene rings is 1. The van der Waals surface area contributed by atoms with E-state index >= 15 is 0 Å². The Morgan fingerprint density at radius 3 is 2.43 bits per heavy atom. The van der Waals surface area contributed by atoms with E-state index in [1.807, 2.05) is 6.92 Å². The second-order valence-electron chi connectivity index (χ2n) is 5.64. The minimum Gasteiger partial charge on any atom is -0.495 e. The first-order chi connectivity index (χ1) is 10.6. The van der Waals surface area contributed by atoms with Crippen molar-refractivity contribution >= 4 is 15.9 Å². The minimum absolute atomic E-state index is 0.0617. The fourth-order valence-electron chi connectivity index (χ4n) is 1.96. The van der Waals surface area contributed by atoms with Crippen LogP contribution in [0.2, 0.25) is 0 Å². The van der Waals surface area contributed by atoms with Crippen molar-refractivity contribution in [2.45, 2.75) is 37.8 Å². The van der Waals surface area contributed by atoms with E-state index in [0.717, 1.165) is 0 Å². The lowest BCUT2D eigenvalue weighted by Crippen LogP contribution is -2.39. The molecule has 0 heterocycles. The summed E-state index contributed by atoms with van der Waals surface area (Å²) in [7, 11) is -0.768. The molecule has 3 N–H and O–H groups in total. The molecule has 23 heavy (non-hydrogen) atoms. The van der Waals surface area contributed by atoms with Crippen LogP contribution in [0.25, 0.3) is 0 Å². The van der Waals surface area contributed by atoms with Crippen LogP contribution in [0.1, 0.15) is 31.1 Å². The fourth-order valence-corrected chi connectivity index (χ4v) is 3.40. The summed E-state index contributed by atoms with van der Waals surface area (Å²) in [6.45, 7) is 5.57. The summed E-state index contributed by atoms with van der Waals surface area (Å²) in [6.07, 6.45) is 0. The van der Waals surface area contributed by atoms with Crippen molar-refractivity contribution in [3.8, 4) is 5.75 Å². The van der Waals surface area contributed by atoms with Crippen LogP contribution in [-0.2, 0) is 10.0 Å². The Kier molecular flexibility index (Phi) is 6.55. The fraction of sp³-hybridized carbons (Fsp3) is 0.533. The molecule has 130 valence electrons. The highest BCUT2D eigenvalue weighted by atomic mass is 32.2. The molecule has 1 rings (SSSR count). The van der Waals surface area contributed by atoms with E-state index in [0.29, 0.717) is 6.54 Å². The molecule has 0 saturated carbocycles. The van der Waals surface area contributed by atoms with Gasteiger partial charge >= 0.3 is 0 Å². The number of hydrogen-bond acceptors (Lipinski definition) is 5. The van der Waals surface area contributed by atoms with Gasteiger partial charge < -0.3 is 15.4 Å². The van der Waals surface area contributed by atoms with Gasteiger partial charge in [-0.05, 0) is 39.0 Å². The summed E-state index contributed by atoms with van der Waals surface area (Å²) in [5.41, 5.74) is 5.83. The zero-order chi connectivity index (χ0) is 17.8. The molecular weight excluding hydrogens is 318 g/mol. The molecule has 1 aromatic rings. The van der Waals surface area contributed by atoms with E-state index in [4.69, 9.17) is 10.5 Å². The van der Waals surface area contributed by atoms with Crippen LogP contribution in [0, 0.1) is 0 Å². The maximum atomic E-state index is 12.5. The van der Waals surface area contributed by atoms with Gasteiger partial charge in [-0.1, -0.05) is 0 Å². The molecule has 1 atom stereocenters. The van der Waals surface area contributed by atoms with Gasteiger partial charge in [-0.15, -0.1) is 0 Å². The Morgan fingerprint density at radius 1 is 1.35 bits per heavy atom. The quantitative estimate of drug-likeness (QED) is 0.762. The number of ether oxygens (including phenoxy) is 1. The number of rotatable bonds is 7. The SMILES string of the molecule is COc1ccc(C(=O)N(C)C(C)CN)cc1S(=O)(=O)NC(C)C. The zero-order valence-corrected chi connectivity index (χ0v) is 15.0. The minimum atomic E-state index is -3.78. The van der Waals surface area contributed by atoms with E-state index in [1.165, 1.54) is 30.2 Å². The van der Waals surface area contributed by atoms with Crippen molar-refractivity contribution in [2.75, 3.05) is 20.7 Å². The number of hydrogen-bond donors (Lipinski definition) is 2. The Labute approximate surface area is 137 Å². The molecule has 0 fully saturated rings. The van der Waals surface area contributed by atoms with E-state index in [-0.39, 0.29) is 34.2 Å². The van der Waals surface area contributed by atoms with Crippen molar-refractivity contribution in [1.82, 2.24) is 9.62 Å². The highest BCUT2D eigenvalue weighted by Gasteiger charge is 2.24. The number of nitrogens with two attached hydrogens (primary N) is 1. The normalized spacial score (nSPS) is 13.0. The van der Waals surface area contributed by atoms with E-state index in [9.17, 15) is 13.2 Å². The topological polar surface area (TPSA) is 102 Å². The Morgan fingerprint density at radius 2 is 1.96 bits per heavy atom. The van der Waals surface area contributed by atoms with Crippen molar-refractivity contribution < 1.29 is 17.9 Å². The lowest BCUT2D eigenvalue weighted by molar-refractivity contribution is 0.0748. The van der Waals surface area contributed by atoms with Crippen molar-refractivity contribution in [3.63, 3.8) is 0 Å². The summed E-state index contributed by atoms with van der Waals surface area (Å²) in [4.78, 5) is 13.9. The molecular formula is C15H25N3O4S. The third-order valence-electron chi connectivity index (χ3n) is 3.41. The first-order valence-electron chi connectivity index (χ1n) is 7.31. The molecule has 7 nitrogen and oxygen atoms in total. The molecule has 0 radical (unpaired) electrons. The largest absolute Gasteiger partial charge is 0.495 e. The lowest BCUT2D eigenvalue weighted by atomic mass is 10.1. The molecule has 8 heteroatoms. The van der Waals surface area contributed by atoms with Crippen LogP contribution in [0.3, 0.4) is 0 Å². The highest BCUT2D eigenvalue weighted by Crippen LogP contribution is 2.25. The zero-order valence-electron chi connectivity index (χ0n) is 14.2. The van der Waals surface area contributed by atoms with Gasteiger partial charge in [0.05, 0.1) is 7.11 Å². The Hall–Kier alpha value is -1.64. The Bertz CT molecular complexity index is 659. The number of nitrogens with one attached hydrogen (secondary N) is 1. The van der Waals surface area contributed by atoms with Gasteiger partial charge in [0.2, 0.25) is 10.0 Å². The number of nitrogens with zero attached hydrogens (tertiary/aromatic N) is 1. The van der Waals surface area contributed by atoms with Crippen molar-refractivity contribution in [2.24, 2.45) is 5.73 Å². The van der Waals surface area contributed by atoms with Crippen LogP contribution < -0.4 is 15.2 Å². The second kappa shape index (κ2) is 7.76. The summed E-state index contributed by atoms with van der Waals surface area (Å²) < 4.78 is 32.4. The number of methoxy groups -OCH3 is 1. The maximum Gasteiger partial charge on any atom is 0.253 e. The van der Waals surface area contributed by atoms with Crippen LogP contribution in [-0.4, -0.2) is 52.0 Å². The molecule has 0 bridgehead atoms. The average molecular weight is 343 g/mol. The standard InChI is InChI=1S/C15H25N3O4S/c1-10(2)17-23(20,21)14-8-12(6-7-13(14)22-5)15(19)18(4)11(3)9-16/h6-8,10-11,17H,9,16H2,1-5H3. The molecule has 0 saturated heterocycles. The molecule has 0 spiro atoms. The van der Waals surface area contributed by atoms with Gasteiger partial charge in [0.25, 0.3) is 5.91 Å². The molecule has 1 aromatic carbocycles. The summed E-state index contributed by atoms with van der Waals surface area (Å²) >= 11 is 0. The summed E-state index contributed by atoms with van der Waals surface area (Å²) in [6, 6.07) is 3.91. The number of carbonyl (C=O) groups is 1. The molecule has 1 unspecified atom stereocenters. The predicted octanol–water partition coefficient (Wildman–Crippen LogP) is 0.801. The third kappa shape index (κ3) is 4.66. The lowest BCUT2D eigenvalue weighted by Gasteiger charge is -2.24. The van der Waals surface area contributed by atoms with Crippen LogP contribution in [0.4, 0.5) is 0 Å².